The number of hydrazine groups is 1. The molecule has 3 rings (SSSR count). The van der Waals surface area contributed by atoms with Gasteiger partial charge in [0.1, 0.15) is 0 Å². The number of carbonyl (C=O) groups is 2. The van der Waals surface area contributed by atoms with Crippen molar-refractivity contribution in [3.05, 3.63) is 75.7 Å². The number of carbonyl (C=O) groups excluding carboxylic acids is 2. The Morgan fingerprint density at radius 1 is 1.15 bits per heavy atom. The molecular formula is C20H18N2O2S2. The lowest BCUT2D eigenvalue weighted by molar-refractivity contribution is -0.123. The molecule has 0 spiro atoms. The highest BCUT2D eigenvalue weighted by Gasteiger charge is 2.33. The van der Waals surface area contributed by atoms with Crippen LogP contribution in [0.4, 0.5) is 0 Å². The van der Waals surface area contributed by atoms with Crippen molar-refractivity contribution >= 4 is 46.2 Å². The molecular weight excluding hydrogens is 364 g/mol. The normalized spacial score (nSPS) is 15.6. The Hall–Kier alpha value is -2.44. The third kappa shape index (κ3) is 4.03. The fourth-order valence-electron chi connectivity index (χ4n) is 2.44. The highest BCUT2D eigenvalue weighted by Crippen LogP contribution is 2.31. The molecule has 26 heavy (non-hydrogen) atoms. The lowest BCUT2D eigenvalue weighted by Crippen LogP contribution is -2.44. The van der Waals surface area contributed by atoms with E-state index in [0.29, 0.717) is 14.8 Å². The third-order valence-electron chi connectivity index (χ3n) is 4.01. The second kappa shape index (κ2) is 7.85. The van der Waals surface area contributed by atoms with Crippen LogP contribution in [-0.4, -0.2) is 21.1 Å². The Labute approximate surface area is 162 Å². The predicted molar refractivity (Wildman–Crippen MR) is 109 cm³/mol. The van der Waals surface area contributed by atoms with Gasteiger partial charge in [0, 0.05) is 5.56 Å². The van der Waals surface area contributed by atoms with Crippen molar-refractivity contribution in [2.75, 3.05) is 0 Å². The first-order chi connectivity index (χ1) is 12.5. The van der Waals surface area contributed by atoms with Gasteiger partial charge in [-0.25, -0.2) is 0 Å². The standard InChI is InChI=1S/C20H18N2O2S2/c1-3-14-6-8-15(9-7-14)12-17-19(24)22(20(25)26-17)21-18(23)16-10-4-13(2)5-11-16/h4-12H,3H2,1-2H3,(H,21,23)/b17-12-. The van der Waals surface area contributed by atoms with E-state index in [1.807, 2.05) is 43.3 Å². The van der Waals surface area contributed by atoms with Crippen LogP contribution in [0.5, 0.6) is 0 Å². The fraction of sp³-hybridized carbons (Fsp3) is 0.150. The molecule has 0 aliphatic carbocycles. The number of amides is 2. The minimum Gasteiger partial charge on any atom is -0.267 e. The molecule has 0 atom stereocenters. The van der Waals surface area contributed by atoms with Gasteiger partial charge in [-0.2, -0.15) is 5.01 Å². The summed E-state index contributed by atoms with van der Waals surface area (Å²) in [6.07, 6.45) is 2.75. The van der Waals surface area contributed by atoms with Crippen molar-refractivity contribution in [3.63, 3.8) is 0 Å². The van der Waals surface area contributed by atoms with E-state index >= 15 is 0 Å². The summed E-state index contributed by atoms with van der Waals surface area (Å²) in [5.74, 6) is -0.685. The average molecular weight is 383 g/mol. The van der Waals surface area contributed by atoms with E-state index in [1.165, 1.54) is 17.3 Å². The molecule has 2 aromatic rings. The van der Waals surface area contributed by atoms with E-state index < -0.39 is 0 Å². The van der Waals surface area contributed by atoms with Crippen molar-refractivity contribution in [1.82, 2.24) is 10.4 Å². The number of hydrogen-bond acceptors (Lipinski definition) is 4. The van der Waals surface area contributed by atoms with Gasteiger partial charge in [0.05, 0.1) is 4.91 Å². The topological polar surface area (TPSA) is 49.4 Å². The van der Waals surface area contributed by atoms with Crippen LogP contribution < -0.4 is 5.43 Å². The van der Waals surface area contributed by atoms with E-state index in [-0.39, 0.29) is 11.8 Å². The highest BCUT2D eigenvalue weighted by atomic mass is 32.2. The first-order valence-corrected chi connectivity index (χ1v) is 9.45. The number of thioether (sulfide) groups is 1. The Balaban J connectivity index is 1.74. The first-order valence-electron chi connectivity index (χ1n) is 8.22. The smallest absolute Gasteiger partial charge is 0.267 e. The summed E-state index contributed by atoms with van der Waals surface area (Å²) in [6.45, 7) is 4.04. The zero-order valence-corrected chi connectivity index (χ0v) is 16.1. The summed E-state index contributed by atoms with van der Waals surface area (Å²) >= 11 is 6.43. The second-order valence-electron chi connectivity index (χ2n) is 5.92. The van der Waals surface area contributed by atoms with E-state index in [1.54, 1.807) is 18.2 Å². The largest absolute Gasteiger partial charge is 0.285 e. The Morgan fingerprint density at radius 3 is 2.42 bits per heavy atom. The van der Waals surface area contributed by atoms with Crippen LogP contribution >= 0.6 is 24.0 Å². The minimum atomic E-state index is -0.366. The lowest BCUT2D eigenvalue weighted by atomic mass is 10.1. The highest BCUT2D eigenvalue weighted by molar-refractivity contribution is 8.26. The van der Waals surface area contributed by atoms with Crippen molar-refractivity contribution in [2.45, 2.75) is 20.3 Å². The number of thiocarbonyl (C=S) groups is 1. The number of nitrogens with zero attached hydrogens (tertiary/aromatic N) is 1. The SMILES string of the molecule is CCc1ccc(/C=C2\SC(=S)N(NC(=O)c3ccc(C)cc3)C2=O)cc1. The van der Waals surface area contributed by atoms with Crippen LogP contribution in [0, 0.1) is 6.92 Å². The van der Waals surface area contributed by atoms with E-state index in [0.717, 1.165) is 22.6 Å². The van der Waals surface area contributed by atoms with Gasteiger partial charge in [-0.1, -0.05) is 60.6 Å². The molecule has 2 amide bonds. The molecule has 1 aliphatic rings. The van der Waals surface area contributed by atoms with Gasteiger partial charge >= 0.3 is 0 Å². The van der Waals surface area contributed by atoms with E-state index in [9.17, 15) is 9.59 Å². The summed E-state index contributed by atoms with van der Waals surface area (Å²) in [6, 6.07) is 15.1. The van der Waals surface area contributed by atoms with Gasteiger partial charge in [-0.15, -0.1) is 0 Å². The number of rotatable bonds is 4. The van der Waals surface area contributed by atoms with Gasteiger partial charge in [-0.3, -0.25) is 15.0 Å². The van der Waals surface area contributed by atoms with Gasteiger partial charge in [0.2, 0.25) is 0 Å². The van der Waals surface area contributed by atoms with Crippen LogP contribution in [0.2, 0.25) is 0 Å². The molecule has 1 heterocycles. The van der Waals surface area contributed by atoms with Gasteiger partial charge in [0.15, 0.2) is 4.32 Å². The zero-order valence-electron chi connectivity index (χ0n) is 14.5. The molecule has 0 aromatic heterocycles. The molecule has 1 saturated heterocycles. The molecule has 1 fully saturated rings. The van der Waals surface area contributed by atoms with Gasteiger partial charge < -0.3 is 0 Å². The number of hydrogen-bond donors (Lipinski definition) is 1. The Bertz CT molecular complexity index is 887. The van der Waals surface area contributed by atoms with Gasteiger partial charge in [0.25, 0.3) is 11.8 Å². The van der Waals surface area contributed by atoms with E-state index in [4.69, 9.17) is 12.2 Å². The van der Waals surface area contributed by atoms with Crippen LogP contribution in [-0.2, 0) is 11.2 Å². The second-order valence-corrected chi connectivity index (χ2v) is 7.59. The molecule has 2 aromatic carbocycles. The zero-order chi connectivity index (χ0) is 18.7. The molecule has 4 nitrogen and oxygen atoms in total. The molecule has 6 heteroatoms. The molecule has 1 aliphatic heterocycles. The van der Waals surface area contributed by atoms with Crippen LogP contribution in [0.15, 0.2) is 53.4 Å². The van der Waals surface area contributed by atoms with Gasteiger partial charge in [-0.05, 0) is 54.9 Å². The minimum absolute atomic E-state index is 0.312. The monoisotopic (exact) mass is 382 g/mol. The van der Waals surface area contributed by atoms with Crippen LogP contribution in [0.1, 0.15) is 34.0 Å². The lowest BCUT2D eigenvalue weighted by Gasteiger charge is -2.15. The number of nitrogens with one attached hydrogen (secondary N) is 1. The van der Waals surface area contributed by atoms with Crippen LogP contribution in [0.25, 0.3) is 6.08 Å². The quantitative estimate of drug-likeness (QED) is 0.639. The number of benzene rings is 2. The number of aryl methyl sites for hydroxylation is 2. The summed E-state index contributed by atoms with van der Waals surface area (Å²) in [5, 5.41) is 1.13. The van der Waals surface area contributed by atoms with E-state index in [2.05, 4.69) is 12.3 Å². The predicted octanol–water partition coefficient (Wildman–Crippen LogP) is 4.10. The summed E-state index contributed by atoms with van der Waals surface area (Å²) in [5.41, 5.74) is 6.29. The molecule has 0 bridgehead atoms. The maximum atomic E-state index is 12.6. The van der Waals surface area contributed by atoms with Crippen molar-refractivity contribution < 1.29 is 9.59 Å². The maximum absolute atomic E-state index is 12.6. The van der Waals surface area contributed by atoms with Crippen molar-refractivity contribution in [3.8, 4) is 0 Å². The molecule has 132 valence electrons. The Morgan fingerprint density at radius 2 is 1.81 bits per heavy atom. The molecule has 1 N–H and O–H groups in total. The van der Waals surface area contributed by atoms with Crippen LogP contribution in [0.3, 0.4) is 0 Å². The maximum Gasteiger partial charge on any atom is 0.285 e. The molecule has 0 radical (unpaired) electrons. The summed E-state index contributed by atoms with van der Waals surface area (Å²) < 4.78 is 0.312. The average Bonchev–Trinajstić information content (AvgIpc) is 2.90. The van der Waals surface area contributed by atoms with Crippen molar-refractivity contribution in [2.24, 2.45) is 0 Å². The fourth-order valence-corrected chi connectivity index (χ4v) is 3.62. The first kappa shape index (κ1) is 18.4. The Kier molecular flexibility index (Phi) is 5.54. The molecule has 0 saturated carbocycles. The summed E-state index contributed by atoms with van der Waals surface area (Å²) in [7, 11) is 0. The third-order valence-corrected chi connectivity index (χ3v) is 5.31. The van der Waals surface area contributed by atoms with Crippen molar-refractivity contribution in [1.29, 1.82) is 0 Å². The molecule has 0 unspecified atom stereocenters. The summed E-state index contributed by atoms with van der Waals surface area (Å²) in [4.78, 5) is 25.4.